The third kappa shape index (κ3) is 5.55. The van der Waals surface area contributed by atoms with Crippen molar-refractivity contribution < 1.29 is 23.8 Å². The van der Waals surface area contributed by atoms with Gasteiger partial charge in [-0.1, -0.05) is 35.4 Å². The molecule has 3 atom stereocenters. The number of rotatable bonds is 6. The predicted molar refractivity (Wildman–Crippen MR) is 126 cm³/mol. The van der Waals surface area contributed by atoms with Crippen LogP contribution in [0, 0.1) is 20.8 Å². The van der Waals surface area contributed by atoms with Gasteiger partial charge in [-0.3, -0.25) is 4.57 Å². The van der Waals surface area contributed by atoms with Crippen LogP contribution in [0.5, 0.6) is 0 Å². The molecule has 0 saturated carbocycles. The molecular formula is C25H26N4O6. The van der Waals surface area contributed by atoms with Gasteiger partial charge in [-0.15, -0.1) is 0 Å². The lowest BCUT2D eigenvalue weighted by Crippen LogP contribution is -2.32. The maximum Gasteiger partial charge on any atom is 0.354 e. The topological polar surface area (TPSA) is 136 Å². The van der Waals surface area contributed by atoms with Crippen LogP contribution in [0.25, 0.3) is 0 Å². The third-order valence-electron chi connectivity index (χ3n) is 5.72. The first-order valence-electron chi connectivity index (χ1n) is 11.1. The van der Waals surface area contributed by atoms with Gasteiger partial charge in [0, 0.05) is 6.42 Å². The van der Waals surface area contributed by atoms with E-state index in [9.17, 15) is 14.4 Å². The molecule has 10 heteroatoms. The Bertz CT molecular complexity index is 1290. The van der Waals surface area contributed by atoms with Crippen molar-refractivity contribution in [1.29, 1.82) is 0 Å². The summed E-state index contributed by atoms with van der Waals surface area (Å²) in [4.78, 5) is 45.5. The van der Waals surface area contributed by atoms with Crippen LogP contribution < -0.4 is 11.4 Å². The van der Waals surface area contributed by atoms with Crippen LogP contribution >= 0.6 is 0 Å². The summed E-state index contributed by atoms with van der Waals surface area (Å²) in [7, 11) is 0. The van der Waals surface area contributed by atoms with Crippen molar-refractivity contribution in [2.45, 2.75) is 45.6 Å². The smallest absolute Gasteiger partial charge is 0.354 e. The van der Waals surface area contributed by atoms with E-state index in [-0.39, 0.29) is 19.0 Å². The largest absolute Gasteiger partial charge is 0.459 e. The average molecular weight is 479 g/mol. The zero-order valence-corrected chi connectivity index (χ0v) is 19.6. The molecule has 35 heavy (non-hydrogen) atoms. The normalized spacial score (nSPS) is 19.3. The second kappa shape index (κ2) is 10.1. The molecule has 0 amide bonds. The van der Waals surface area contributed by atoms with E-state index in [4.69, 9.17) is 19.9 Å². The van der Waals surface area contributed by atoms with E-state index in [0.29, 0.717) is 17.0 Å². The Kier molecular flexibility index (Phi) is 6.92. The highest BCUT2D eigenvalue weighted by molar-refractivity contribution is 5.90. The number of ether oxygens (including phenoxy) is 3. The molecule has 182 valence electrons. The molecule has 10 nitrogen and oxygen atoms in total. The number of aryl methyl sites for hydroxylation is 3. The Morgan fingerprint density at radius 3 is 2.11 bits per heavy atom. The van der Waals surface area contributed by atoms with E-state index in [0.717, 1.165) is 11.1 Å². The Morgan fingerprint density at radius 2 is 1.54 bits per heavy atom. The minimum Gasteiger partial charge on any atom is -0.459 e. The number of benzene rings is 2. The number of nitrogen functional groups attached to an aromatic ring is 1. The number of hydrogen-bond donors (Lipinski definition) is 1. The van der Waals surface area contributed by atoms with E-state index < -0.39 is 36.1 Å². The minimum absolute atomic E-state index is 0.137. The monoisotopic (exact) mass is 478 g/mol. The SMILES string of the molecule is Cc1ccc(C(=O)OC[C@H]2O[C@H](n3c(C)nc(N)nc3=O)C[C@@H]2OC(=O)c2ccc(C)cc2)cc1. The van der Waals surface area contributed by atoms with Crippen molar-refractivity contribution in [3.05, 3.63) is 87.1 Å². The van der Waals surface area contributed by atoms with E-state index in [1.165, 1.54) is 4.57 Å². The van der Waals surface area contributed by atoms with Crippen LogP contribution in [0.1, 0.15) is 50.3 Å². The number of aromatic nitrogens is 3. The van der Waals surface area contributed by atoms with Crippen LogP contribution in [-0.4, -0.2) is 45.3 Å². The van der Waals surface area contributed by atoms with E-state index in [1.807, 2.05) is 13.8 Å². The minimum atomic E-state index is -0.831. The molecule has 1 saturated heterocycles. The molecule has 3 aromatic rings. The van der Waals surface area contributed by atoms with Crippen LogP contribution in [-0.2, 0) is 14.2 Å². The van der Waals surface area contributed by atoms with Crippen molar-refractivity contribution in [2.75, 3.05) is 12.3 Å². The summed E-state index contributed by atoms with van der Waals surface area (Å²) >= 11 is 0. The second-order valence-electron chi connectivity index (χ2n) is 8.42. The summed E-state index contributed by atoms with van der Waals surface area (Å²) in [5.41, 5.74) is 7.70. The molecular weight excluding hydrogens is 452 g/mol. The lowest BCUT2D eigenvalue weighted by molar-refractivity contribution is -0.0589. The lowest BCUT2D eigenvalue weighted by atomic mass is 10.1. The average Bonchev–Trinajstić information content (AvgIpc) is 3.19. The van der Waals surface area contributed by atoms with Gasteiger partial charge >= 0.3 is 17.6 Å². The fraction of sp³-hybridized carbons (Fsp3) is 0.320. The molecule has 1 aliphatic heterocycles. The zero-order chi connectivity index (χ0) is 25.1. The van der Waals surface area contributed by atoms with Crippen molar-refractivity contribution in [2.24, 2.45) is 0 Å². The third-order valence-corrected chi connectivity index (χ3v) is 5.72. The van der Waals surface area contributed by atoms with Crippen LogP contribution in [0.3, 0.4) is 0 Å². The molecule has 1 aromatic heterocycles. The summed E-state index contributed by atoms with van der Waals surface area (Å²) in [6.07, 6.45) is -2.30. The number of anilines is 1. The molecule has 2 heterocycles. The Hall–Kier alpha value is -4.05. The first-order valence-corrected chi connectivity index (χ1v) is 11.1. The molecule has 4 rings (SSSR count). The first kappa shape index (κ1) is 24.1. The van der Waals surface area contributed by atoms with E-state index >= 15 is 0 Å². The molecule has 0 bridgehead atoms. The molecule has 2 N–H and O–H groups in total. The van der Waals surface area contributed by atoms with Gasteiger partial charge in [-0.25, -0.2) is 14.4 Å². The summed E-state index contributed by atoms with van der Waals surface area (Å²) in [6, 6.07) is 13.9. The molecule has 0 radical (unpaired) electrons. The van der Waals surface area contributed by atoms with Crippen molar-refractivity contribution in [3.8, 4) is 0 Å². The molecule has 0 spiro atoms. The Morgan fingerprint density at radius 1 is 0.971 bits per heavy atom. The van der Waals surface area contributed by atoms with Crippen molar-refractivity contribution in [3.63, 3.8) is 0 Å². The number of esters is 2. The Labute approximate surface area is 201 Å². The number of nitrogens with two attached hydrogens (primary N) is 1. The number of carbonyl (C=O) groups excluding carboxylic acids is 2. The zero-order valence-electron chi connectivity index (χ0n) is 19.6. The number of nitrogens with zero attached hydrogens (tertiary/aromatic N) is 3. The van der Waals surface area contributed by atoms with Crippen molar-refractivity contribution in [1.82, 2.24) is 14.5 Å². The molecule has 1 fully saturated rings. The molecule has 1 aliphatic rings. The predicted octanol–water partition coefficient (Wildman–Crippen LogP) is 2.52. The number of carbonyl (C=O) groups is 2. The summed E-state index contributed by atoms with van der Waals surface area (Å²) in [6.45, 7) is 5.25. The van der Waals surface area contributed by atoms with Gasteiger partial charge in [0.25, 0.3) is 0 Å². The first-order chi connectivity index (χ1) is 16.7. The van der Waals surface area contributed by atoms with Gasteiger partial charge < -0.3 is 19.9 Å². The fourth-order valence-electron chi connectivity index (χ4n) is 3.82. The van der Waals surface area contributed by atoms with Crippen LogP contribution in [0.4, 0.5) is 5.95 Å². The van der Waals surface area contributed by atoms with Crippen molar-refractivity contribution >= 4 is 17.9 Å². The van der Waals surface area contributed by atoms with Crippen LogP contribution in [0.2, 0.25) is 0 Å². The molecule has 0 unspecified atom stereocenters. The molecule has 0 aliphatic carbocycles. The lowest BCUT2D eigenvalue weighted by Gasteiger charge is -2.19. The summed E-state index contributed by atoms with van der Waals surface area (Å²) < 4.78 is 18.4. The fourth-order valence-corrected chi connectivity index (χ4v) is 3.82. The summed E-state index contributed by atoms with van der Waals surface area (Å²) in [5, 5.41) is 0. The Balaban J connectivity index is 1.53. The standard InChI is InChI=1S/C25H26N4O6/c1-14-4-8-17(9-5-14)22(30)33-13-20-19(35-23(31)18-10-6-15(2)7-11-18)12-21(34-20)29-16(3)27-24(26)28-25(29)32/h4-11,19-21H,12-13H2,1-3H3,(H2,26,28,32)/t19-,20+,21-/m0/s1. The van der Waals surface area contributed by atoms with Gasteiger partial charge in [-0.2, -0.15) is 9.97 Å². The van der Waals surface area contributed by atoms with E-state index in [2.05, 4.69) is 9.97 Å². The van der Waals surface area contributed by atoms with E-state index in [1.54, 1.807) is 55.5 Å². The van der Waals surface area contributed by atoms with Gasteiger partial charge in [0.05, 0.1) is 11.1 Å². The highest BCUT2D eigenvalue weighted by Crippen LogP contribution is 2.31. The highest BCUT2D eigenvalue weighted by Gasteiger charge is 2.41. The van der Waals surface area contributed by atoms with Gasteiger partial charge in [0.2, 0.25) is 5.95 Å². The van der Waals surface area contributed by atoms with Gasteiger partial charge in [-0.05, 0) is 45.0 Å². The maximum absolute atomic E-state index is 12.8. The van der Waals surface area contributed by atoms with Crippen LogP contribution in [0.15, 0.2) is 53.3 Å². The molecule has 2 aromatic carbocycles. The summed E-state index contributed by atoms with van der Waals surface area (Å²) in [5.74, 6) is -0.933. The van der Waals surface area contributed by atoms with Gasteiger partial charge in [0.1, 0.15) is 30.9 Å². The number of hydrogen-bond acceptors (Lipinski definition) is 9. The quantitative estimate of drug-likeness (QED) is 0.530. The highest BCUT2D eigenvalue weighted by atomic mass is 16.6. The van der Waals surface area contributed by atoms with Gasteiger partial charge in [0.15, 0.2) is 0 Å². The maximum atomic E-state index is 12.8. The second-order valence-corrected chi connectivity index (χ2v) is 8.42.